The Labute approximate surface area is 124 Å². The minimum atomic E-state index is 0. The summed E-state index contributed by atoms with van der Waals surface area (Å²) in [6, 6.07) is 0. The molecule has 0 amide bonds. The van der Waals surface area contributed by atoms with Gasteiger partial charge in [-0.05, 0) is 34.8 Å². The van der Waals surface area contributed by atoms with E-state index in [1.165, 1.54) is 27.9 Å². The van der Waals surface area contributed by atoms with E-state index in [1.807, 2.05) is 0 Å². The van der Waals surface area contributed by atoms with Crippen LogP contribution in [0.25, 0.3) is 0 Å². The first-order valence-corrected chi connectivity index (χ1v) is 6.21. The van der Waals surface area contributed by atoms with Gasteiger partial charge in [0.15, 0.2) is 0 Å². The first-order valence-electron chi connectivity index (χ1n) is 6.21. The highest BCUT2D eigenvalue weighted by Crippen LogP contribution is 2.49. The average molecular weight is 266 g/mol. The Kier molecular flexibility index (Phi) is 4.60. The maximum atomic E-state index is 2.31. The minimum absolute atomic E-state index is 0. The lowest BCUT2D eigenvalue weighted by Gasteiger charge is -2.40. The van der Waals surface area contributed by atoms with Crippen molar-refractivity contribution in [2.24, 2.45) is 11.8 Å². The van der Waals surface area contributed by atoms with Crippen LogP contribution < -0.4 is 0 Å². The smallest absolute Gasteiger partial charge is 0.0201 e. The zero-order valence-corrected chi connectivity index (χ0v) is 9.85. The van der Waals surface area contributed by atoms with Crippen LogP contribution in [0.5, 0.6) is 0 Å². The molecule has 0 saturated carbocycles. The summed E-state index contributed by atoms with van der Waals surface area (Å²) in [6.07, 6.45) is 20.4. The van der Waals surface area contributed by atoms with Crippen molar-refractivity contribution in [2.75, 3.05) is 0 Å². The first kappa shape index (κ1) is 16.2. The molecule has 0 heterocycles. The Hall–Kier alpha value is -1.82. The Morgan fingerprint density at radius 3 is 2.00 bits per heavy atom. The van der Waals surface area contributed by atoms with E-state index in [9.17, 15) is 0 Å². The van der Waals surface area contributed by atoms with E-state index < -0.39 is 0 Å². The fourth-order valence-corrected chi connectivity index (χ4v) is 3.36. The monoisotopic (exact) mass is 266 g/mol. The summed E-state index contributed by atoms with van der Waals surface area (Å²) in [5.74, 6) is 1.11. The third-order valence-corrected chi connectivity index (χ3v) is 4.23. The molecule has 0 nitrogen and oxygen atoms in total. The maximum absolute atomic E-state index is 2.31. The van der Waals surface area contributed by atoms with Crippen molar-refractivity contribution in [2.45, 2.75) is 29.2 Å². The Bertz CT molecular complexity index is 612. The van der Waals surface area contributed by atoms with Gasteiger partial charge in [0.25, 0.3) is 0 Å². The second kappa shape index (κ2) is 5.66. The van der Waals surface area contributed by atoms with Gasteiger partial charge in [-0.15, -0.1) is 0 Å². The average Bonchev–Trinajstić information content (AvgIpc) is 2.38. The van der Waals surface area contributed by atoms with Crippen LogP contribution >= 0.6 is 0 Å². The zero-order valence-electron chi connectivity index (χ0n) is 9.85. The van der Waals surface area contributed by atoms with E-state index in [0.717, 1.165) is 0 Å². The van der Waals surface area contributed by atoms with Crippen molar-refractivity contribution in [3.8, 4) is 0 Å². The molecule has 2 atom stereocenters. The van der Waals surface area contributed by atoms with E-state index in [1.54, 1.807) is 0 Å². The summed E-state index contributed by atoms with van der Waals surface area (Å²) in [4.78, 5) is 0. The van der Waals surface area contributed by atoms with Gasteiger partial charge in [0.2, 0.25) is 0 Å². The molecule has 0 aromatic carbocycles. The number of hydrogen-bond donors (Lipinski definition) is 0. The highest BCUT2D eigenvalue weighted by atomic mass is 14.4. The van der Waals surface area contributed by atoms with Crippen LogP contribution in [0.1, 0.15) is 29.2 Å². The van der Waals surface area contributed by atoms with E-state index >= 15 is 0 Å². The van der Waals surface area contributed by atoms with Gasteiger partial charge in [-0.25, -0.2) is 0 Å². The van der Waals surface area contributed by atoms with Crippen LogP contribution in [-0.2, 0) is 0 Å². The predicted octanol–water partition coefficient (Wildman–Crippen LogP) is 5.95. The van der Waals surface area contributed by atoms with E-state index in [2.05, 4.69) is 61.6 Å². The Morgan fingerprint density at radius 2 is 1.25 bits per heavy atom. The molecule has 0 aliphatic heterocycles. The van der Waals surface area contributed by atoms with Crippen molar-refractivity contribution < 1.29 is 0 Å². The molecule has 0 spiro atoms. The second-order valence-corrected chi connectivity index (χ2v) is 5.12. The summed E-state index contributed by atoms with van der Waals surface area (Å²) < 4.78 is 0. The van der Waals surface area contributed by atoms with E-state index in [0.29, 0.717) is 11.8 Å². The maximum Gasteiger partial charge on any atom is 0.0201 e. The van der Waals surface area contributed by atoms with Crippen molar-refractivity contribution in [1.29, 1.82) is 0 Å². The quantitative estimate of drug-likeness (QED) is 0.508. The lowest BCUT2D eigenvalue weighted by molar-refractivity contribution is 0.560. The van der Waals surface area contributed by atoms with E-state index in [4.69, 9.17) is 0 Å². The molecule has 4 aliphatic carbocycles. The molecule has 0 bridgehead atoms. The van der Waals surface area contributed by atoms with Gasteiger partial charge in [0.1, 0.15) is 0 Å². The molecule has 4 rings (SSSR count). The normalized spacial score (nSPS) is 27.1. The molecule has 0 aromatic rings. The molecular formula is C20H26. The summed E-state index contributed by atoms with van der Waals surface area (Å²) in [5, 5.41) is 0. The van der Waals surface area contributed by atoms with Gasteiger partial charge < -0.3 is 0 Å². The summed E-state index contributed by atoms with van der Waals surface area (Å²) in [6.45, 7) is 2.22. The number of allylic oxidation sites excluding steroid dienone is 14. The third-order valence-electron chi connectivity index (χ3n) is 4.23. The third kappa shape index (κ3) is 2.00. The fourth-order valence-electron chi connectivity index (χ4n) is 3.36. The van der Waals surface area contributed by atoms with Crippen LogP contribution in [0.2, 0.25) is 0 Å². The highest BCUT2D eigenvalue weighted by Gasteiger charge is 2.37. The second-order valence-electron chi connectivity index (χ2n) is 5.12. The molecule has 4 aliphatic rings. The van der Waals surface area contributed by atoms with Crippen LogP contribution in [0.15, 0.2) is 82.5 Å². The van der Waals surface area contributed by atoms with Crippen molar-refractivity contribution in [3.05, 3.63) is 82.5 Å². The Balaban J connectivity index is 0.000000667. The summed E-state index contributed by atoms with van der Waals surface area (Å²) >= 11 is 0. The van der Waals surface area contributed by atoms with Gasteiger partial charge in [-0.2, -0.15) is 0 Å². The lowest BCUT2D eigenvalue weighted by Crippen LogP contribution is -2.28. The van der Waals surface area contributed by atoms with Crippen molar-refractivity contribution in [1.82, 2.24) is 0 Å². The molecule has 0 heteroatoms. The summed E-state index contributed by atoms with van der Waals surface area (Å²) in [7, 11) is 0. The van der Waals surface area contributed by atoms with Gasteiger partial charge in [0, 0.05) is 11.8 Å². The molecule has 0 saturated heterocycles. The largest absolute Gasteiger partial charge is 0.0776 e. The lowest BCUT2D eigenvalue weighted by atomic mass is 9.64. The fraction of sp³-hybridized carbons (Fsp3) is 0.300. The van der Waals surface area contributed by atoms with Crippen LogP contribution in [0, 0.1) is 11.8 Å². The van der Waals surface area contributed by atoms with Crippen LogP contribution in [0.4, 0.5) is 0 Å². The Morgan fingerprint density at radius 1 is 0.650 bits per heavy atom. The van der Waals surface area contributed by atoms with Crippen LogP contribution in [0.3, 0.4) is 0 Å². The molecule has 0 aromatic heterocycles. The van der Waals surface area contributed by atoms with E-state index in [-0.39, 0.29) is 22.3 Å². The predicted molar refractivity (Wildman–Crippen MR) is 91.5 cm³/mol. The van der Waals surface area contributed by atoms with Gasteiger partial charge >= 0.3 is 0 Å². The SMILES string of the molecule is C.C.C.CC1=C2C=CC3=CC=CC4=CC=C(C=C1)C2C34. The highest BCUT2D eigenvalue weighted by molar-refractivity contribution is 5.61. The molecule has 0 radical (unpaired) electrons. The molecule has 0 N–H and O–H groups in total. The standard InChI is InChI=1S/C17H14.3CH4/c1-11-5-6-14-8-7-12-3-2-4-13-9-10-15(11)17(14)16(12)13;;;/h2-10,16-17H,1H3;3*1H4. The van der Waals surface area contributed by atoms with Crippen LogP contribution in [-0.4, -0.2) is 0 Å². The zero-order chi connectivity index (χ0) is 11.4. The van der Waals surface area contributed by atoms with Gasteiger partial charge in [-0.3, -0.25) is 0 Å². The number of hydrogen-bond acceptors (Lipinski definition) is 0. The van der Waals surface area contributed by atoms with Gasteiger partial charge in [-0.1, -0.05) is 77.0 Å². The minimum Gasteiger partial charge on any atom is -0.0776 e. The molecule has 0 fully saturated rings. The van der Waals surface area contributed by atoms with Gasteiger partial charge in [0.05, 0.1) is 0 Å². The molecule has 2 unspecified atom stereocenters. The molecular weight excluding hydrogens is 240 g/mol. The van der Waals surface area contributed by atoms with Crippen molar-refractivity contribution in [3.63, 3.8) is 0 Å². The number of rotatable bonds is 0. The van der Waals surface area contributed by atoms with Crippen molar-refractivity contribution >= 4 is 0 Å². The topological polar surface area (TPSA) is 0 Å². The first-order chi connectivity index (χ1) is 8.34. The summed E-state index contributed by atoms with van der Waals surface area (Å²) in [5.41, 5.74) is 7.30. The molecule has 20 heavy (non-hydrogen) atoms. The molecule has 106 valence electrons.